The van der Waals surface area contributed by atoms with E-state index in [-0.39, 0.29) is 18.1 Å². The number of halogens is 3. The van der Waals surface area contributed by atoms with Gasteiger partial charge >= 0.3 is 15.6 Å². The summed E-state index contributed by atoms with van der Waals surface area (Å²) in [5, 5.41) is 0. The second kappa shape index (κ2) is 10.1. The molecule has 182 valence electrons. The van der Waals surface area contributed by atoms with Gasteiger partial charge in [-0.15, -0.1) is 0 Å². The third-order valence-corrected chi connectivity index (χ3v) is 6.71. The van der Waals surface area contributed by atoms with Crippen LogP contribution in [0.15, 0.2) is 65.0 Å². The molecule has 1 fully saturated rings. The van der Waals surface area contributed by atoms with Gasteiger partial charge in [0.05, 0.1) is 0 Å². The number of aromatic nitrogens is 1. The highest BCUT2D eigenvalue weighted by atomic mass is 32.2. The van der Waals surface area contributed by atoms with E-state index in [1.165, 1.54) is 32.1 Å². The predicted molar refractivity (Wildman–Crippen MR) is 122 cm³/mol. The molecule has 0 bridgehead atoms. The zero-order chi connectivity index (χ0) is 24.2. The van der Waals surface area contributed by atoms with Crippen molar-refractivity contribution in [3.8, 4) is 0 Å². The number of benzene rings is 1. The quantitative estimate of drug-likeness (QED) is 0.386. The molecular formula is C24H25F3N2O4S. The number of nitrogens with zero attached hydrogens (tertiary/aromatic N) is 1. The Kier molecular flexibility index (Phi) is 7.16. The molecule has 1 saturated carbocycles. The highest BCUT2D eigenvalue weighted by Crippen LogP contribution is 2.30. The Morgan fingerprint density at radius 3 is 2.50 bits per heavy atom. The fraction of sp³-hybridized carbons (Fsp3) is 0.375. The summed E-state index contributed by atoms with van der Waals surface area (Å²) >= 11 is 0. The summed E-state index contributed by atoms with van der Waals surface area (Å²) in [6, 6.07) is 13.0. The number of nitrogens with one attached hydrogen (secondary N) is 1. The normalized spacial score (nSPS) is 18.6. The van der Waals surface area contributed by atoms with Crippen LogP contribution >= 0.6 is 0 Å². The summed E-state index contributed by atoms with van der Waals surface area (Å²) in [5.41, 5.74) is -2.83. The van der Waals surface area contributed by atoms with Crippen molar-refractivity contribution in [1.82, 2.24) is 4.98 Å². The van der Waals surface area contributed by atoms with Crippen LogP contribution in [0.4, 0.5) is 13.2 Å². The van der Waals surface area contributed by atoms with E-state index in [0.29, 0.717) is 11.6 Å². The first-order valence-corrected chi connectivity index (χ1v) is 12.5. The summed E-state index contributed by atoms with van der Waals surface area (Å²) in [5.74, 6) is 0.0370. The van der Waals surface area contributed by atoms with Crippen LogP contribution in [0.3, 0.4) is 0 Å². The Balaban J connectivity index is 1.53. The number of aromatic amines is 1. The predicted octanol–water partition coefficient (Wildman–Crippen LogP) is 5.86. The molecule has 1 aromatic heterocycles. The molecule has 10 heteroatoms. The minimum Gasteiger partial charge on any atom is -0.486 e. The summed E-state index contributed by atoms with van der Waals surface area (Å²) in [7, 11) is -5.85. The van der Waals surface area contributed by atoms with Gasteiger partial charge in [0.2, 0.25) is 5.90 Å². The van der Waals surface area contributed by atoms with Crippen LogP contribution in [0, 0.1) is 5.92 Å². The van der Waals surface area contributed by atoms with Gasteiger partial charge in [-0.25, -0.2) is 4.99 Å². The van der Waals surface area contributed by atoms with Gasteiger partial charge in [-0.2, -0.15) is 21.6 Å². The maximum absolute atomic E-state index is 12.8. The lowest BCUT2D eigenvalue weighted by Gasteiger charge is -2.20. The van der Waals surface area contributed by atoms with Gasteiger partial charge in [0.15, 0.2) is 5.76 Å². The van der Waals surface area contributed by atoms with Gasteiger partial charge in [-0.1, -0.05) is 62.4 Å². The third-order valence-electron chi connectivity index (χ3n) is 5.75. The third kappa shape index (κ3) is 6.11. The first-order valence-electron chi connectivity index (χ1n) is 11.1. The van der Waals surface area contributed by atoms with E-state index in [9.17, 15) is 21.6 Å². The van der Waals surface area contributed by atoms with Crippen LogP contribution in [0.1, 0.15) is 49.1 Å². The maximum Gasteiger partial charge on any atom is 0.534 e. The molecule has 1 aromatic carbocycles. The highest BCUT2D eigenvalue weighted by molar-refractivity contribution is 7.88. The summed E-state index contributed by atoms with van der Waals surface area (Å²) < 4.78 is 71.1. The zero-order valence-electron chi connectivity index (χ0n) is 18.3. The number of rotatable bonds is 7. The zero-order valence-corrected chi connectivity index (χ0v) is 19.2. The SMILES string of the molecule is O=S(=O)(OC1=N/C(=C\c2ccc(CC3CCCCC3)[nH]2)C(OCc2ccccc2)=C1)C(F)(F)F. The van der Waals surface area contributed by atoms with Gasteiger partial charge in [-0.05, 0) is 36.1 Å². The first-order chi connectivity index (χ1) is 16.2. The molecule has 1 aliphatic heterocycles. The first kappa shape index (κ1) is 24.1. The number of ether oxygens (including phenoxy) is 1. The molecule has 1 N–H and O–H groups in total. The smallest absolute Gasteiger partial charge is 0.486 e. The van der Waals surface area contributed by atoms with Crippen molar-refractivity contribution < 1.29 is 30.5 Å². The molecule has 0 saturated heterocycles. The van der Waals surface area contributed by atoms with E-state index >= 15 is 0 Å². The Labute approximate surface area is 196 Å². The number of hydrogen-bond donors (Lipinski definition) is 1. The summed E-state index contributed by atoms with van der Waals surface area (Å²) in [4.78, 5) is 7.24. The van der Waals surface area contributed by atoms with E-state index in [2.05, 4.69) is 14.2 Å². The molecule has 6 nitrogen and oxygen atoms in total. The van der Waals surface area contributed by atoms with E-state index in [0.717, 1.165) is 23.8 Å². The Morgan fingerprint density at radius 1 is 1.06 bits per heavy atom. The summed E-state index contributed by atoms with van der Waals surface area (Å²) in [6.07, 6.45) is 9.74. The molecular weight excluding hydrogens is 469 g/mol. The van der Waals surface area contributed by atoms with Crippen LogP contribution in [0.5, 0.6) is 0 Å². The molecule has 0 amide bonds. The van der Waals surface area contributed by atoms with Crippen molar-refractivity contribution in [2.75, 3.05) is 0 Å². The van der Waals surface area contributed by atoms with Gasteiger partial charge in [-0.3, -0.25) is 0 Å². The fourth-order valence-electron chi connectivity index (χ4n) is 4.06. The van der Waals surface area contributed by atoms with Crippen LogP contribution < -0.4 is 0 Å². The van der Waals surface area contributed by atoms with Crippen molar-refractivity contribution in [3.05, 3.63) is 76.9 Å². The highest BCUT2D eigenvalue weighted by Gasteiger charge is 2.49. The van der Waals surface area contributed by atoms with Gasteiger partial charge in [0.1, 0.15) is 12.3 Å². The van der Waals surface area contributed by atoms with Crippen LogP contribution in [0.25, 0.3) is 6.08 Å². The molecule has 2 aromatic rings. The van der Waals surface area contributed by atoms with Crippen LogP contribution in [0.2, 0.25) is 0 Å². The largest absolute Gasteiger partial charge is 0.534 e. The van der Waals surface area contributed by atoms with Crippen LogP contribution in [-0.4, -0.2) is 24.8 Å². The number of H-pyrrole nitrogens is 1. The number of hydrogen-bond acceptors (Lipinski definition) is 5. The van der Waals surface area contributed by atoms with E-state index in [4.69, 9.17) is 4.74 Å². The second-order valence-electron chi connectivity index (χ2n) is 8.39. The fourth-order valence-corrected chi connectivity index (χ4v) is 4.47. The van der Waals surface area contributed by atoms with E-state index in [1.54, 1.807) is 6.08 Å². The molecule has 1 aliphatic carbocycles. The Hall–Kier alpha value is -3.01. The lowest BCUT2D eigenvalue weighted by Crippen LogP contribution is -2.27. The average molecular weight is 495 g/mol. The maximum atomic E-state index is 12.8. The standard InChI is InChI=1S/C24H25F3N2O4S/c25-24(26,27)34(30,31)33-23-15-22(32-16-18-9-5-2-6-10-18)21(29-23)14-20-12-11-19(28-20)13-17-7-3-1-4-8-17/h2,5-6,9-12,14-15,17,28H,1,3-4,7-8,13,16H2/b21-14-. The van der Waals surface area contributed by atoms with Gasteiger partial charge < -0.3 is 13.9 Å². The summed E-state index contributed by atoms with van der Waals surface area (Å²) in [6.45, 7) is 0.122. The Bertz CT molecular complexity index is 1190. The van der Waals surface area contributed by atoms with Gasteiger partial charge in [0, 0.05) is 17.5 Å². The molecule has 0 atom stereocenters. The van der Waals surface area contributed by atoms with Crippen LogP contribution in [-0.2, 0) is 32.1 Å². The van der Waals surface area contributed by atoms with Crippen molar-refractivity contribution >= 4 is 22.1 Å². The second-order valence-corrected chi connectivity index (χ2v) is 9.93. The van der Waals surface area contributed by atoms with Crippen molar-refractivity contribution in [1.29, 1.82) is 0 Å². The van der Waals surface area contributed by atoms with Crippen molar-refractivity contribution in [2.45, 2.75) is 50.6 Å². The number of aliphatic imine (C=N–C) groups is 1. The molecule has 0 spiro atoms. The van der Waals surface area contributed by atoms with Gasteiger partial charge in [0.25, 0.3) is 0 Å². The lowest BCUT2D eigenvalue weighted by atomic mass is 9.86. The number of alkyl halides is 3. The van der Waals surface area contributed by atoms with Crippen molar-refractivity contribution in [2.24, 2.45) is 10.9 Å². The monoisotopic (exact) mass is 494 g/mol. The molecule has 0 unspecified atom stereocenters. The van der Waals surface area contributed by atoms with E-state index in [1.807, 2.05) is 42.5 Å². The molecule has 2 aliphatic rings. The van der Waals surface area contributed by atoms with E-state index < -0.39 is 21.5 Å². The molecule has 4 rings (SSSR count). The topological polar surface area (TPSA) is 80.8 Å². The molecule has 0 radical (unpaired) electrons. The minimum atomic E-state index is -5.85. The molecule has 2 heterocycles. The van der Waals surface area contributed by atoms with Crippen molar-refractivity contribution in [3.63, 3.8) is 0 Å². The Morgan fingerprint density at radius 2 is 1.79 bits per heavy atom. The average Bonchev–Trinajstić information content (AvgIpc) is 3.39. The molecule has 34 heavy (non-hydrogen) atoms. The lowest BCUT2D eigenvalue weighted by molar-refractivity contribution is -0.0504. The minimum absolute atomic E-state index is 0.111.